The van der Waals surface area contributed by atoms with Crippen LogP contribution in [0, 0.1) is 0 Å². The fourth-order valence-corrected chi connectivity index (χ4v) is 0.562. The third-order valence-corrected chi connectivity index (χ3v) is 0.919. The monoisotopic (exact) mass is 247 g/mol. The van der Waals surface area contributed by atoms with Gasteiger partial charge in [-0.05, 0) is 0 Å². The van der Waals surface area contributed by atoms with Crippen LogP contribution in [0.5, 0.6) is 0 Å². The van der Waals surface area contributed by atoms with Crippen molar-refractivity contribution in [2.75, 3.05) is 7.11 Å². The molecule has 0 aromatic rings. The van der Waals surface area contributed by atoms with Crippen LogP contribution in [0.25, 0.3) is 0 Å². The number of ether oxygens (including phenoxy) is 1. The summed E-state index contributed by atoms with van der Waals surface area (Å²) < 4.78 is 4.33. The Morgan fingerprint density at radius 2 is 2.50 bits per heavy atom. The molecule has 0 saturated heterocycles. The van der Waals surface area contributed by atoms with Crippen molar-refractivity contribution >= 4 is 37.9 Å². The lowest BCUT2D eigenvalue weighted by Gasteiger charge is -2.02. The number of hydrogen-bond donors (Lipinski definition) is 1. The van der Waals surface area contributed by atoms with Gasteiger partial charge in [0, 0.05) is 0 Å². The largest absolute Gasteiger partial charge is 0.453 e. The number of rotatable bonds is 1. The van der Waals surface area contributed by atoms with E-state index in [1.807, 2.05) is 22.6 Å². The molecule has 2 atom stereocenters. The zero-order valence-corrected chi connectivity index (χ0v) is 7.66. The van der Waals surface area contributed by atoms with Gasteiger partial charge in [-0.15, -0.1) is 9.24 Å². The fourth-order valence-electron chi connectivity index (χ4n) is 0.172. The van der Waals surface area contributed by atoms with Crippen LogP contribution in [-0.2, 0) is 4.74 Å². The van der Waals surface area contributed by atoms with Crippen molar-refractivity contribution in [2.24, 2.45) is 0 Å². The zero-order valence-electron chi connectivity index (χ0n) is 4.35. The molecule has 0 rings (SSSR count). The second-order valence-electron chi connectivity index (χ2n) is 1.04. The molecular formula is C3H7INO2P. The third kappa shape index (κ3) is 4.59. The van der Waals surface area contributed by atoms with Crippen molar-refractivity contribution in [2.45, 2.75) is 3.79 Å². The summed E-state index contributed by atoms with van der Waals surface area (Å²) in [6, 6.07) is 0. The molecule has 5 heteroatoms. The molecule has 0 aliphatic heterocycles. The van der Waals surface area contributed by atoms with Crippen LogP contribution in [0.2, 0.25) is 0 Å². The molecule has 8 heavy (non-hydrogen) atoms. The molecule has 0 aromatic carbocycles. The lowest BCUT2D eigenvalue weighted by atomic mass is 11.1. The van der Waals surface area contributed by atoms with E-state index >= 15 is 0 Å². The van der Waals surface area contributed by atoms with Crippen molar-refractivity contribution in [1.82, 2.24) is 5.32 Å². The van der Waals surface area contributed by atoms with Crippen molar-refractivity contribution in [3.8, 4) is 0 Å². The maximum absolute atomic E-state index is 10.3. The van der Waals surface area contributed by atoms with E-state index in [2.05, 4.69) is 19.3 Å². The van der Waals surface area contributed by atoms with E-state index in [-0.39, 0.29) is 3.79 Å². The van der Waals surface area contributed by atoms with E-state index in [9.17, 15) is 4.79 Å². The van der Waals surface area contributed by atoms with Crippen LogP contribution >= 0.6 is 31.8 Å². The first-order valence-corrected chi connectivity index (χ1v) is 3.82. The molecule has 48 valence electrons. The standard InChI is InChI=1S/C3H7INO2P/c1-7-3(6)5-2(4)8/h2H,8H2,1H3,(H,5,6)/t2-/m1/s1. The Bertz CT molecular complexity index is 87.4. The Hall–Kier alpha value is 0.430. The van der Waals surface area contributed by atoms with Gasteiger partial charge in [-0.2, -0.15) is 0 Å². The molecule has 0 aliphatic carbocycles. The summed E-state index contributed by atoms with van der Waals surface area (Å²) in [5.41, 5.74) is 0. The maximum atomic E-state index is 10.3. The van der Waals surface area contributed by atoms with E-state index in [4.69, 9.17) is 0 Å². The van der Waals surface area contributed by atoms with Crippen molar-refractivity contribution in [3.05, 3.63) is 0 Å². The van der Waals surface area contributed by atoms with Crippen LogP contribution in [0.3, 0.4) is 0 Å². The molecule has 0 aromatic heterocycles. The summed E-state index contributed by atoms with van der Waals surface area (Å²) in [6.07, 6.45) is -0.403. The molecule has 1 N–H and O–H groups in total. The van der Waals surface area contributed by atoms with Crippen molar-refractivity contribution in [1.29, 1.82) is 0 Å². The second-order valence-corrected chi connectivity index (χ2v) is 4.40. The normalized spacial score (nSPS) is 12.4. The minimum atomic E-state index is -0.403. The minimum absolute atomic E-state index is 0.0417. The summed E-state index contributed by atoms with van der Waals surface area (Å²) in [7, 11) is 3.74. The molecule has 3 nitrogen and oxygen atoms in total. The predicted octanol–water partition coefficient (Wildman–Crippen LogP) is 0.936. The molecular weight excluding hydrogens is 240 g/mol. The summed E-state index contributed by atoms with van der Waals surface area (Å²) >= 11 is 2.03. The maximum Gasteiger partial charge on any atom is 0.407 e. The highest BCUT2D eigenvalue weighted by atomic mass is 127. The molecule has 0 radical (unpaired) electrons. The van der Waals surface area contributed by atoms with E-state index in [1.165, 1.54) is 7.11 Å². The molecule has 0 fully saturated rings. The number of nitrogens with one attached hydrogen (secondary N) is 1. The summed E-state index contributed by atoms with van der Waals surface area (Å²) in [5, 5.41) is 2.48. The molecule has 0 saturated carbocycles. The quantitative estimate of drug-likeness (QED) is 0.324. The Morgan fingerprint density at radius 1 is 2.00 bits per heavy atom. The van der Waals surface area contributed by atoms with E-state index in [1.54, 1.807) is 0 Å². The number of carbonyl (C=O) groups is 1. The highest BCUT2D eigenvalue weighted by Crippen LogP contribution is 2.03. The molecule has 1 unspecified atom stereocenters. The van der Waals surface area contributed by atoms with Crippen LogP contribution in [0.4, 0.5) is 4.79 Å². The minimum Gasteiger partial charge on any atom is -0.453 e. The average Bonchev–Trinajstić information content (AvgIpc) is 1.65. The van der Waals surface area contributed by atoms with Gasteiger partial charge in [0.05, 0.1) is 10.9 Å². The Morgan fingerprint density at radius 3 is 2.62 bits per heavy atom. The van der Waals surface area contributed by atoms with Gasteiger partial charge in [0.25, 0.3) is 0 Å². The average molecular weight is 247 g/mol. The highest BCUT2D eigenvalue weighted by Gasteiger charge is 1.99. The molecule has 1 amide bonds. The highest BCUT2D eigenvalue weighted by molar-refractivity contribution is 14.1. The van der Waals surface area contributed by atoms with Gasteiger partial charge in [-0.1, -0.05) is 22.6 Å². The van der Waals surface area contributed by atoms with Crippen LogP contribution in [-0.4, -0.2) is 17.0 Å². The van der Waals surface area contributed by atoms with Gasteiger partial charge < -0.3 is 10.1 Å². The fraction of sp³-hybridized carbons (Fsp3) is 0.667. The number of hydrogen-bond acceptors (Lipinski definition) is 2. The predicted molar refractivity (Wildman–Crippen MR) is 43.1 cm³/mol. The number of alkyl halides is 1. The first-order chi connectivity index (χ1) is 3.66. The van der Waals surface area contributed by atoms with Crippen molar-refractivity contribution in [3.63, 3.8) is 0 Å². The van der Waals surface area contributed by atoms with E-state index < -0.39 is 6.09 Å². The Kier molecular flexibility index (Phi) is 4.56. The smallest absolute Gasteiger partial charge is 0.407 e. The second kappa shape index (κ2) is 4.32. The lowest BCUT2D eigenvalue weighted by molar-refractivity contribution is 0.172. The first kappa shape index (κ1) is 8.43. The number of alkyl carbamates (subject to hydrolysis) is 1. The summed E-state index contributed by atoms with van der Waals surface area (Å²) in [5.74, 6) is 0. The van der Waals surface area contributed by atoms with Gasteiger partial charge in [-0.25, -0.2) is 4.79 Å². The van der Waals surface area contributed by atoms with Gasteiger partial charge in [0.2, 0.25) is 0 Å². The third-order valence-electron chi connectivity index (χ3n) is 0.441. The topological polar surface area (TPSA) is 38.3 Å². The molecule has 0 heterocycles. The van der Waals surface area contributed by atoms with Crippen LogP contribution in [0.1, 0.15) is 0 Å². The molecule has 0 bridgehead atoms. The Labute approximate surface area is 63.9 Å². The summed E-state index contributed by atoms with van der Waals surface area (Å²) in [6.45, 7) is 0. The molecule has 0 spiro atoms. The summed E-state index contributed by atoms with van der Waals surface area (Å²) in [4.78, 5) is 10.3. The number of methoxy groups -OCH3 is 1. The van der Waals surface area contributed by atoms with Gasteiger partial charge >= 0.3 is 6.09 Å². The number of amides is 1. The van der Waals surface area contributed by atoms with E-state index in [0.29, 0.717) is 0 Å². The first-order valence-electron chi connectivity index (χ1n) is 1.91. The number of carbonyl (C=O) groups excluding carboxylic acids is 1. The lowest BCUT2D eigenvalue weighted by Crippen LogP contribution is -2.25. The number of halogens is 1. The van der Waals surface area contributed by atoms with Gasteiger partial charge in [-0.3, -0.25) is 0 Å². The van der Waals surface area contributed by atoms with E-state index in [0.717, 1.165) is 0 Å². The van der Waals surface area contributed by atoms with Gasteiger partial charge in [0.15, 0.2) is 0 Å². The zero-order chi connectivity index (χ0) is 6.57. The Balaban J connectivity index is 3.25. The SMILES string of the molecule is COC(=O)N[C@H](P)I. The van der Waals surface area contributed by atoms with Crippen LogP contribution < -0.4 is 5.32 Å². The van der Waals surface area contributed by atoms with Crippen LogP contribution in [0.15, 0.2) is 0 Å². The van der Waals surface area contributed by atoms with Crippen molar-refractivity contribution < 1.29 is 9.53 Å². The van der Waals surface area contributed by atoms with Gasteiger partial charge in [0.1, 0.15) is 0 Å². The molecule has 0 aliphatic rings.